The largest absolute Gasteiger partial charge is 0.370 e. The topological polar surface area (TPSA) is 74.2 Å². The van der Waals surface area contributed by atoms with Crippen molar-refractivity contribution in [2.75, 3.05) is 13.7 Å². The maximum absolute atomic E-state index is 5.87. The van der Waals surface area contributed by atoms with E-state index in [1.165, 1.54) is 12.8 Å². The first-order valence-electron chi connectivity index (χ1n) is 7.70. The summed E-state index contributed by atoms with van der Waals surface area (Å²) < 4.78 is 11.3. The van der Waals surface area contributed by atoms with Crippen molar-refractivity contribution in [3.05, 3.63) is 11.7 Å². The Balaban J connectivity index is 2.30. The van der Waals surface area contributed by atoms with E-state index in [1.54, 1.807) is 7.11 Å². The minimum atomic E-state index is -0.374. The van der Waals surface area contributed by atoms with E-state index >= 15 is 0 Å². The summed E-state index contributed by atoms with van der Waals surface area (Å²) in [5.74, 6) is 1.34. The Kier molecular flexibility index (Phi) is 4.81. The summed E-state index contributed by atoms with van der Waals surface area (Å²) >= 11 is 0. The molecular formula is C15H27N3O2. The number of rotatable bonds is 5. The average Bonchev–Trinajstić information content (AvgIpc) is 2.87. The molecule has 5 nitrogen and oxygen atoms in total. The van der Waals surface area contributed by atoms with Gasteiger partial charge in [-0.3, -0.25) is 0 Å². The summed E-state index contributed by atoms with van der Waals surface area (Å²) in [5, 5.41) is 4.22. The maximum Gasteiger partial charge on any atom is 0.233 e. The zero-order valence-electron chi connectivity index (χ0n) is 12.9. The van der Waals surface area contributed by atoms with Crippen molar-refractivity contribution in [1.82, 2.24) is 10.1 Å². The molecule has 0 saturated heterocycles. The van der Waals surface area contributed by atoms with Crippen LogP contribution in [0.2, 0.25) is 0 Å². The molecule has 0 aliphatic heterocycles. The number of methoxy groups -OCH3 is 1. The molecule has 1 heterocycles. The molecule has 0 bridgehead atoms. The van der Waals surface area contributed by atoms with Gasteiger partial charge in [0.1, 0.15) is 5.60 Å². The number of nitrogens with two attached hydrogens (primary N) is 1. The van der Waals surface area contributed by atoms with Gasteiger partial charge in [-0.25, -0.2) is 0 Å². The van der Waals surface area contributed by atoms with Crippen molar-refractivity contribution in [1.29, 1.82) is 0 Å². The van der Waals surface area contributed by atoms with Crippen LogP contribution in [-0.4, -0.2) is 23.8 Å². The van der Waals surface area contributed by atoms with Gasteiger partial charge in [0.2, 0.25) is 11.7 Å². The number of hydrogen-bond acceptors (Lipinski definition) is 5. The van der Waals surface area contributed by atoms with Crippen LogP contribution in [0.1, 0.15) is 70.5 Å². The van der Waals surface area contributed by atoms with Crippen molar-refractivity contribution in [3.63, 3.8) is 0 Å². The van der Waals surface area contributed by atoms with Crippen LogP contribution in [0.5, 0.6) is 0 Å². The molecule has 0 aromatic carbocycles. The molecule has 1 atom stereocenters. The highest BCUT2D eigenvalue weighted by Gasteiger charge is 2.39. The smallest absolute Gasteiger partial charge is 0.233 e. The van der Waals surface area contributed by atoms with Gasteiger partial charge in [0.15, 0.2) is 0 Å². The second-order valence-electron chi connectivity index (χ2n) is 6.15. The molecule has 2 N–H and O–H groups in total. The fourth-order valence-corrected chi connectivity index (χ4v) is 2.86. The summed E-state index contributed by atoms with van der Waals surface area (Å²) in [5.41, 5.74) is 5.25. The minimum Gasteiger partial charge on any atom is -0.370 e. The second-order valence-corrected chi connectivity index (χ2v) is 6.15. The molecule has 2 rings (SSSR count). The van der Waals surface area contributed by atoms with E-state index in [-0.39, 0.29) is 11.0 Å². The lowest BCUT2D eigenvalue weighted by Crippen LogP contribution is -2.32. The van der Waals surface area contributed by atoms with Gasteiger partial charge in [-0.15, -0.1) is 0 Å². The molecule has 0 spiro atoms. The Morgan fingerprint density at radius 1 is 1.30 bits per heavy atom. The van der Waals surface area contributed by atoms with Crippen LogP contribution < -0.4 is 5.73 Å². The van der Waals surface area contributed by atoms with Crippen LogP contribution in [-0.2, 0) is 15.8 Å². The maximum atomic E-state index is 5.87. The van der Waals surface area contributed by atoms with Crippen LogP contribution >= 0.6 is 0 Å². The molecule has 1 fully saturated rings. The quantitative estimate of drug-likeness (QED) is 0.840. The molecule has 1 aliphatic carbocycles. The highest BCUT2D eigenvalue weighted by Crippen LogP contribution is 2.38. The van der Waals surface area contributed by atoms with Gasteiger partial charge in [0.05, 0.1) is 5.41 Å². The summed E-state index contributed by atoms with van der Waals surface area (Å²) in [6.07, 6.45) is 7.63. The number of ether oxygens (including phenoxy) is 1. The molecule has 114 valence electrons. The first-order valence-corrected chi connectivity index (χ1v) is 7.70. The van der Waals surface area contributed by atoms with E-state index in [1.807, 2.05) is 0 Å². The van der Waals surface area contributed by atoms with Crippen LogP contribution in [0, 0.1) is 0 Å². The average molecular weight is 281 g/mol. The summed E-state index contributed by atoms with van der Waals surface area (Å²) in [4.78, 5) is 4.65. The SMILES string of the molecule is CCC(C)(CN)c1nc(C2(OC)CCCCCC2)no1. The third kappa shape index (κ3) is 2.74. The minimum absolute atomic E-state index is 0.245. The fraction of sp³-hybridized carbons (Fsp3) is 0.867. The Morgan fingerprint density at radius 3 is 2.45 bits per heavy atom. The van der Waals surface area contributed by atoms with E-state index < -0.39 is 0 Å². The van der Waals surface area contributed by atoms with Crippen molar-refractivity contribution < 1.29 is 9.26 Å². The monoisotopic (exact) mass is 281 g/mol. The number of aromatic nitrogens is 2. The van der Waals surface area contributed by atoms with Crippen LogP contribution in [0.25, 0.3) is 0 Å². The molecule has 0 amide bonds. The van der Waals surface area contributed by atoms with Gasteiger partial charge < -0.3 is 15.0 Å². The molecule has 1 aliphatic rings. The van der Waals surface area contributed by atoms with Gasteiger partial charge >= 0.3 is 0 Å². The zero-order chi connectivity index (χ0) is 14.6. The van der Waals surface area contributed by atoms with Crippen molar-refractivity contribution in [2.45, 2.75) is 69.8 Å². The molecular weight excluding hydrogens is 254 g/mol. The summed E-state index contributed by atoms with van der Waals surface area (Å²) in [6.45, 7) is 4.66. The fourth-order valence-electron chi connectivity index (χ4n) is 2.86. The Bertz CT molecular complexity index is 419. The van der Waals surface area contributed by atoms with E-state index in [0.717, 1.165) is 32.1 Å². The molecule has 1 unspecified atom stereocenters. The normalized spacial score (nSPS) is 22.2. The Morgan fingerprint density at radius 2 is 1.95 bits per heavy atom. The molecule has 1 aromatic heterocycles. The van der Waals surface area contributed by atoms with Gasteiger partial charge in [-0.05, 0) is 26.2 Å². The highest BCUT2D eigenvalue weighted by molar-refractivity contribution is 5.08. The Hall–Kier alpha value is -0.940. The molecule has 1 aromatic rings. The van der Waals surface area contributed by atoms with Crippen molar-refractivity contribution >= 4 is 0 Å². The van der Waals surface area contributed by atoms with Gasteiger partial charge in [-0.2, -0.15) is 4.98 Å². The third-order valence-electron chi connectivity index (χ3n) is 4.88. The molecule has 0 radical (unpaired) electrons. The second kappa shape index (κ2) is 6.22. The van der Waals surface area contributed by atoms with Crippen LogP contribution in [0.15, 0.2) is 4.52 Å². The molecule has 20 heavy (non-hydrogen) atoms. The van der Waals surface area contributed by atoms with Crippen LogP contribution in [0.3, 0.4) is 0 Å². The van der Waals surface area contributed by atoms with E-state index in [4.69, 9.17) is 15.0 Å². The lowest BCUT2D eigenvalue weighted by Gasteiger charge is -2.27. The first-order chi connectivity index (χ1) is 9.60. The van der Waals surface area contributed by atoms with Crippen LogP contribution in [0.4, 0.5) is 0 Å². The predicted octanol–water partition coefficient (Wildman–Crippen LogP) is 2.89. The standard InChI is InChI=1S/C15H27N3O2/c1-4-14(2,11-16)13-17-12(18-20-13)15(19-3)9-7-5-6-8-10-15/h4-11,16H2,1-3H3. The Labute approximate surface area is 121 Å². The lowest BCUT2D eigenvalue weighted by atomic mass is 9.87. The van der Waals surface area contributed by atoms with Gasteiger partial charge in [-0.1, -0.05) is 37.8 Å². The zero-order valence-corrected chi connectivity index (χ0v) is 12.9. The summed E-state index contributed by atoms with van der Waals surface area (Å²) in [7, 11) is 1.75. The van der Waals surface area contributed by atoms with Crippen molar-refractivity contribution in [3.8, 4) is 0 Å². The predicted molar refractivity (Wildman–Crippen MR) is 77.4 cm³/mol. The van der Waals surface area contributed by atoms with E-state index in [2.05, 4.69) is 24.0 Å². The first kappa shape index (κ1) is 15.4. The number of nitrogens with zero attached hydrogens (tertiary/aromatic N) is 2. The molecule has 1 saturated carbocycles. The van der Waals surface area contributed by atoms with Crippen molar-refractivity contribution in [2.24, 2.45) is 5.73 Å². The summed E-state index contributed by atoms with van der Waals surface area (Å²) in [6, 6.07) is 0. The van der Waals surface area contributed by atoms with Gasteiger partial charge in [0.25, 0.3) is 0 Å². The van der Waals surface area contributed by atoms with E-state index in [0.29, 0.717) is 18.3 Å². The lowest BCUT2D eigenvalue weighted by molar-refractivity contribution is -0.0365. The third-order valence-corrected chi connectivity index (χ3v) is 4.88. The highest BCUT2D eigenvalue weighted by atomic mass is 16.5. The molecule has 5 heteroatoms. The number of hydrogen-bond donors (Lipinski definition) is 1. The van der Waals surface area contributed by atoms with E-state index in [9.17, 15) is 0 Å². The van der Waals surface area contributed by atoms with Gasteiger partial charge in [0, 0.05) is 13.7 Å².